The lowest BCUT2D eigenvalue weighted by atomic mass is 9.83. The fourth-order valence-corrected chi connectivity index (χ4v) is 6.62. The molecule has 1 N–H and O–H groups in total. The van der Waals surface area contributed by atoms with Crippen LogP contribution in [0.4, 0.5) is 0 Å². The quantitative estimate of drug-likeness (QED) is 0.191. The van der Waals surface area contributed by atoms with E-state index in [9.17, 15) is 5.11 Å². The number of benzene rings is 5. The fraction of sp³-hybridized carbons (Fsp3) is 0.294. The first-order chi connectivity index (χ1) is 33.6. The van der Waals surface area contributed by atoms with E-state index in [1.807, 2.05) is 71.9 Å². The lowest BCUT2D eigenvalue weighted by Gasteiger charge is -2.22. The number of imidazole rings is 1. The molecule has 55 heavy (non-hydrogen) atoms. The van der Waals surface area contributed by atoms with Crippen molar-refractivity contribution in [1.82, 2.24) is 14.5 Å². The first kappa shape index (κ1) is 21.0. The van der Waals surface area contributed by atoms with Crippen molar-refractivity contribution in [2.24, 2.45) is 0 Å². The van der Waals surface area contributed by atoms with Crippen LogP contribution in [0.3, 0.4) is 0 Å². The zero-order chi connectivity index (χ0) is 55.6. The monoisotopic (exact) mass is 745 g/mol. The molecule has 0 saturated carbocycles. The minimum absolute atomic E-state index is 0.0659. The van der Waals surface area contributed by atoms with E-state index < -0.39 is 80.2 Å². The third-order valence-electron chi connectivity index (χ3n) is 9.78. The summed E-state index contributed by atoms with van der Waals surface area (Å²) in [6.45, 7) is -3.21. The summed E-state index contributed by atoms with van der Waals surface area (Å²) in [5, 5.41) is 11.8. The van der Waals surface area contributed by atoms with Crippen molar-refractivity contribution >= 4 is 11.0 Å². The maximum absolute atomic E-state index is 11.8. The van der Waals surface area contributed by atoms with Crippen molar-refractivity contribution < 1.29 is 31.2 Å². The van der Waals surface area contributed by atoms with Gasteiger partial charge >= 0.3 is 0 Å². The molecule has 0 spiro atoms. The van der Waals surface area contributed by atoms with Crippen molar-refractivity contribution in [1.29, 1.82) is 0 Å². The van der Waals surface area contributed by atoms with E-state index in [1.54, 1.807) is 29.7 Å². The third kappa shape index (κ3) is 7.35. The largest absolute Gasteiger partial charge is 0.507 e. The Bertz CT molecular complexity index is 3300. The molecule has 0 aliphatic heterocycles. The van der Waals surface area contributed by atoms with Gasteiger partial charge in [0.15, 0.2) is 0 Å². The maximum atomic E-state index is 11.8. The van der Waals surface area contributed by atoms with Gasteiger partial charge in [-0.25, -0.2) is 4.98 Å². The lowest BCUT2D eigenvalue weighted by Crippen LogP contribution is -2.12. The molecule has 7 rings (SSSR count). The van der Waals surface area contributed by atoms with E-state index in [1.165, 1.54) is 30.5 Å². The van der Waals surface area contributed by atoms with Crippen LogP contribution in [-0.2, 0) is 16.2 Å². The highest BCUT2D eigenvalue weighted by Crippen LogP contribution is 2.42. The highest BCUT2D eigenvalue weighted by molar-refractivity contribution is 5.97. The van der Waals surface area contributed by atoms with Crippen molar-refractivity contribution in [3.8, 4) is 56.3 Å². The number of aromatic hydroxyl groups is 1. The van der Waals surface area contributed by atoms with Crippen LogP contribution in [0.15, 0.2) is 109 Å². The molecule has 4 heteroatoms. The molecular weight excluding hydrogens is 671 g/mol. The second-order valence-electron chi connectivity index (χ2n) is 16.1. The van der Waals surface area contributed by atoms with Gasteiger partial charge in [-0.3, -0.25) is 9.55 Å². The molecular formula is C51H55N3O. The van der Waals surface area contributed by atoms with Crippen molar-refractivity contribution in [3.05, 3.63) is 143 Å². The van der Waals surface area contributed by atoms with Crippen LogP contribution in [-0.4, -0.2) is 19.6 Å². The number of phenols is 1. The number of nitrogens with zero attached hydrogens (tertiary/aromatic N) is 3. The Labute approximate surface area is 354 Å². The summed E-state index contributed by atoms with van der Waals surface area (Å²) in [6, 6.07) is 17.4. The minimum Gasteiger partial charge on any atom is -0.507 e. The predicted octanol–water partition coefficient (Wildman–Crippen LogP) is 13.6. The van der Waals surface area contributed by atoms with E-state index in [4.69, 9.17) is 31.0 Å². The van der Waals surface area contributed by atoms with E-state index in [0.717, 1.165) is 17.2 Å². The first-order valence-corrected chi connectivity index (χ1v) is 17.9. The van der Waals surface area contributed by atoms with Crippen LogP contribution in [0.5, 0.6) is 5.75 Å². The van der Waals surface area contributed by atoms with Gasteiger partial charge in [0.2, 0.25) is 0 Å². The molecule has 0 atom stereocenters. The van der Waals surface area contributed by atoms with Crippen LogP contribution >= 0.6 is 0 Å². The summed E-state index contributed by atoms with van der Waals surface area (Å²) in [5.74, 6) is 0.0730. The summed E-state index contributed by atoms with van der Waals surface area (Å²) >= 11 is 0. The molecule has 5 aromatic carbocycles. The van der Waals surface area contributed by atoms with Crippen molar-refractivity contribution in [2.75, 3.05) is 0 Å². The molecule has 4 nitrogen and oxygen atoms in total. The Kier molecular flexibility index (Phi) is 5.22. The van der Waals surface area contributed by atoms with Gasteiger partial charge in [0, 0.05) is 37.9 Å². The van der Waals surface area contributed by atoms with Gasteiger partial charge in [-0.05, 0) is 124 Å². The number of aromatic nitrogens is 3. The predicted molar refractivity (Wildman–Crippen MR) is 233 cm³/mol. The zero-order valence-corrected chi connectivity index (χ0v) is 31.9. The van der Waals surface area contributed by atoms with Crippen LogP contribution in [0.25, 0.3) is 61.6 Å². The molecule has 0 fully saturated rings. The molecule has 2 aromatic heterocycles. The molecule has 0 unspecified atom stereocenters. The SMILES string of the molecule is [2H]c1c([2H])c(C(C([2H])([2H])[2H])(C([2H])([2H])[2H])C([2H])([2H])[2H])c([2H])c([2H])c1-c1ccnc(-c2cc(-c3cccc4c3nc(-c3cc(C(C)(C)C)cc(C)c3O)n4-c3ccc(C([2H])([2H])[2H])cc3C([2H])([2H])[2H])cc(C(C)(C)C)c2)c1. The number of aryl methyl sites for hydroxylation is 3. The second-order valence-corrected chi connectivity index (χ2v) is 16.1. The molecule has 7 aromatic rings. The molecule has 280 valence electrons. The van der Waals surface area contributed by atoms with Gasteiger partial charge in [-0.15, -0.1) is 0 Å². The Balaban J connectivity index is 1.52. The van der Waals surface area contributed by atoms with E-state index in [2.05, 4.69) is 4.98 Å². The molecule has 0 aliphatic carbocycles. The number of fused-ring (bicyclic) bond motifs is 1. The summed E-state index contributed by atoms with van der Waals surface area (Å²) in [4.78, 5) is 9.85. The van der Waals surface area contributed by atoms with Crippen molar-refractivity contribution in [3.63, 3.8) is 0 Å². The molecule has 0 amide bonds. The lowest BCUT2D eigenvalue weighted by molar-refractivity contribution is 0.471. The van der Waals surface area contributed by atoms with Crippen LogP contribution < -0.4 is 0 Å². The molecule has 0 radical (unpaired) electrons. The summed E-state index contributed by atoms with van der Waals surface area (Å²) < 4.78 is 162. The van der Waals surface area contributed by atoms with E-state index in [-0.39, 0.29) is 45.2 Å². The smallest absolute Gasteiger partial charge is 0.149 e. The van der Waals surface area contributed by atoms with Gasteiger partial charge < -0.3 is 5.11 Å². The highest BCUT2D eigenvalue weighted by atomic mass is 16.3. The Morgan fingerprint density at radius 1 is 0.636 bits per heavy atom. The molecule has 0 aliphatic rings. The Hall–Kier alpha value is -5.48. The van der Waals surface area contributed by atoms with Crippen LogP contribution in [0.1, 0.15) is 122 Å². The highest BCUT2D eigenvalue weighted by Gasteiger charge is 2.25. The van der Waals surface area contributed by atoms with Crippen molar-refractivity contribution in [2.45, 2.75) is 99.0 Å². The van der Waals surface area contributed by atoms with E-state index in [0.29, 0.717) is 38.9 Å². The summed E-state index contributed by atoms with van der Waals surface area (Å²) in [7, 11) is 0. The number of para-hydroxylation sites is 1. The van der Waals surface area contributed by atoms with Gasteiger partial charge in [0.1, 0.15) is 11.6 Å². The standard InChI is InChI=1S/C51H55N3O/c1-31-16-21-44(32(2)24-31)54-45-15-13-14-41(46(45)53-48(54)42-30-39(50(7,8)9)25-33(3)47(42)55)36-26-37(28-40(27-36)51(10,11)12)43-29-35(22-23-52-43)34-17-19-38(20-18-34)49(4,5)6/h13-30,55H,1-12H3/i1D3,2D3,4D3,5D3,6D3,17D,18D,19D,20D. The Morgan fingerprint density at radius 2 is 1.36 bits per heavy atom. The number of hydrogen-bond donors (Lipinski definition) is 1. The number of hydrogen-bond acceptors (Lipinski definition) is 3. The Morgan fingerprint density at radius 3 is 2.05 bits per heavy atom. The average Bonchev–Trinajstić information content (AvgIpc) is 3.64. The summed E-state index contributed by atoms with van der Waals surface area (Å²) in [6.07, 6.45) is 1.36. The second kappa shape index (κ2) is 13.7. The van der Waals surface area contributed by atoms with Crippen LogP contribution in [0.2, 0.25) is 0 Å². The zero-order valence-electron chi connectivity index (χ0n) is 50.9. The topological polar surface area (TPSA) is 50.9 Å². The fourth-order valence-electron chi connectivity index (χ4n) is 6.62. The molecule has 2 heterocycles. The number of pyridine rings is 1. The van der Waals surface area contributed by atoms with Gasteiger partial charge in [0.25, 0.3) is 0 Å². The number of rotatable bonds is 5. The van der Waals surface area contributed by atoms with Gasteiger partial charge in [0.05, 0.1) is 33.5 Å². The van der Waals surface area contributed by atoms with E-state index >= 15 is 0 Å². The molecule has 0 saturated heterocycles. The van der Waals surface area contributed by atoms with Crippen LogP contribution in [0, 0.1) is 20.6 Å². The normalized spacial score (nSPS) is 18.6. The number of phenolic OH excluding ortho intramolecular Hbond substituents is 1. The molecule has 0 bridgehead atoms. The minimum atomic E-state index is -3.84. The third-order valence-corrected chi connectivity index (χ3v) is 9.78. The average molecular weight is 745 g/mol. The maximum Gasteiger partial charge on any atom is 0.149 e. The summed E-state index contributed by atoms with van der Waals surface area (Å²) in [5.41, 5.74) is -1.41. The van der Waals surface area contributed by atoms with Gasteiger partial charge in [-0.1, -0.05) is 128 Å². The van der Waals surface area contributed by atoms with Gasteiger partial charge in [-0.2, -0.15) is 0 Å². The first-order valence-electron chi connectivity index (χ1n) is 27.4.